The molecule has 1 fully saturated rings. The second kappa shape index (κ2) is 7.37. The smallest absolute Gasteiger partial charge is 0.123 e. The maximum absolute atomic E-state index is 5.90. The van der Waals surface area contributed by atoms with Crippen LogP contribution < -0.4 is 4.74 Å². The van der Waals surface area contributed by atoms with E-state index in [2.05, 4.69) is 15.9 Å². The molecule has 18 heavy (non-hydrogen) atoms. The summed E-state index contributed by atoms with van der Waals surface area (Å²) in [6.45, 7) is 1.65. The predicted octanol–water partition coefficient (Wildman–Crippen LogP) is 4.53. The standard InChI is InChI=1S/C14H18BrClO2/c15-12-5-6-14(11(9-12)10-16)18-8-2-4-13-3-1-7-17-13/h5-6,9,13H,1-4,7-8,10H2. The van der Waals surface area contributed by atoms with Crippen LogP contribution in [0.5, 0.6) is 5.75 Å². The summed E-state index contributed by atoms with van der Waals surface area (Å²) in [6, 6.07) is 5.95. The second-order valence-electron chi connectivity index (χ2n) is 4.51. The molecular formula is C14H18BrClO2. The van der Waals surface area contributed by atoms with Crippen molar-refractivity contribution in [3.05, 3.63) is 28.2 Å². The van der Waals surface area contributed by atoms with Gasteiger partial charge in [0.1, 0.15) is 5.75 Å². The van der Waals surface area contributed by atoms with Crippen molar-refractivity contribution in [2.75, 3.05) is 13.2 Å². The van der Waals surface area contributed by atoms with Crippen molar-refractivity contribution in [1.29, 1.82) is 0 Å². The topological polar surface area (TPSA) is 18.5 Å². The van der Waals surface area contributed by atoms with Crippen molar-refractivity contribution in [3.8, 4) is 5.75 Å². The van der Waals surface area contributed by atoms with Gasteiger partial charge in [0.25, 0.3) is 0 Å². The highest BCUT2D eigenvalue weighted by molar-refractivity contribution is 9.10. The number of alkyl halides is 1. The molecule has 0 aromatic heterocycles. The molecule has 1 aliphatic rings. The highest BCUT2D eigenvalue weighted by Gasteiger charge is 2.14. The largest absolute Gasteiger partial charge is 0.493 e. The van der Waals surface area contributed by atoms with Crippen LogP contribution in [0.25, 0.3) is 0 Å². The maximum atomic E-state index is 5.90. The third-order valence-electron chi connectivity index (χ3n) is 3.12. The molecule has 0 N–H and O–H groups in total. The van der Waals surface area contributed by atoms with E-state index in [-0.39, 0.29) is 0 Å². The number of ether oxygens (including phenoxy) is 2. The van der Waals surface area contributed by atoms with Gasteiger partial charge in [-0.2, -0.15) is 0 Å². The van der Waals surface area contributed by atoms with Crippen LogP contribution >= 0.6 is 27.5 Å². The minimum Gasteiger partial charge on any atom is -0.493 e. The van der Waals surface area contributed by atoms with Gasteiger partial charge in [0.15, 0.2) is 0 Å². The molecule has 1 saturated heterocycles. The Bertz CT molecular complexity index is 378. The SMILES string of the molecule is ClCc1cc(Br)ccc1OCCCC1CCCO1. The third kappa shape index (κ3) is 4.15. The summed E-state index contributed by atoms with van der Waals surface area (Å²) in [5.74, 6) is 1.36. The van der Waals surface area contributed by atoms with Crippen LogP contribution in [-0.2, 0) is 10.6 Å². The average Bonchev–Trinajstić information content (AvgIpc) is 2.89. The van der Waals surface area contributed by atoms with E-state index in [1.165, 1.54) is 12.8 Å². The molecule has 1 heterocycles. The Hall–Kier alpha value is -0.250. The van der Waals surface area contributed by atoms with Crippen molar-refractivity contribution >= 4 is 27.5 Å². The van der Waals surface area contributed by atoms with Crippen LogP contribution in [0.2, 0.25) is 0 Å². The molecule has 0 radical (unpaired) electrons. The summed E-state index contributed by atoms with van der Waals surface area (Å²) in [5, 5.41) is 0. The molecular weight excluding hydrogens is 316 g/mol. The van der Waals surface area contributed by atoms with Crippen molar-refractivity contribution in [1.82, 2.24) is 0 Å². The van der Waals surface area contributed by atoms with Crippen LogP contribution in [0.3, 0.4) is 0 Å². The van der Waals surface area contributed by atoms with Gasteiger partial charge in [0.05, 0.1) is 18.6 Å². The van der Waals surface area contributed by atoms with Crippen LogP contribution in [0.15, 0.2) is 22.7 Å². The quantitative estimate of drug-likeness (QED) is 0.562. The summed E-state index contributed by atoms with van der Waals surface area (Å²) in [4.78, 5) is 0. The Morgan fingerprint density at radius 2 is 2.33 bits per heavy atom. The first-order chi connectivity index (χ1) is 8.79. The summed E-state index contributed by atoms with van der Waals surface area (Å²) < 4.78 is 12.4. The first-order valence-corrected chi connectivity index (χ1v) is 7.71. The van der Waals surface area contributed by atoms with E-state index in [0.717, 1.165) is 41.8 Å². The molecule has 1 aromatic rings. The van der Waals surface area contributed by atoms with Gasteiger partial charge in [0.2, 0.25) is 0 Å². The van der Waals surface area contributed by atoms with Gasteiger partial charge in [0, 0.05) is 16.6 Å². The van der Waals surface area contributed by atoms with Crippen LogP contribution in [-0.4, -0.2) is 19.3 Å². The molecule has 0 aliphatic carbocycles. The first-order valence-electron chi connectivity index (χ1n) is 6.38. The number of rotatable bonds is 6. The number of hydrogen-bond acceptors (Lipinski definition) is 2. The third-order valence-corrected chi connectivity index (χ3v) is 3.90. The number of halogens is 2. The molecule has 1 unspecified atom stereocenters. The molecule has 2 rings (SSSR count). The molecule has 0 amide bonds. The van der Waals surface area contributed by atoms with E-state index >= 15 is 0 Å². The van der Waals surface area contributed by atoms with Gasteiger partial charge in [-0.15, -0.1) is 11.6 Å². The minimum atomic E-state index is 0.450. The van der Waals surface area contributed by atoms with E-state index < -0.39 is 0 Å². The Morgan fingerprint density at radius 3 is 3.06 bits per heavy atom. The lowest BCUT2D eigenvalue weighted by Gasteiger charge is -2.12. The number of hydrogen-bond donors (Lipinski definition) is 0. The van der Waals surface area contributed by atoms with Gasteiger partial charge in [-0.25, -0.2) is 0 Å². The highest BCUT2D eigenvalue weighted by atomic mass is 79.9. The Balaban J connectivity index is 1.75. The molecule has 100 valence electrons. The van der Waals surface area contributed by atoms with Gasteiger partial charge in [-0.1, -0.05) is 15.9 Å². The van der Waals surface area contributed by atoms with Crippen LogP contribution in [0.1, 0.15) is 31.2 Å². The lowest BCUT2D eigenvalue weighted by Crippen LogP contribution is -2.08. The molecule has 0 spiro atoms. The van der Waals surface area contributed by atoms with E-state index in [4.69, 9.17) is 21.1 Å². The summed E-state index contributed by atoms with van der Waals surface area (Å²) in [6.07, 6.45) is 4.97. The Morgan fingerprint density at radius 1 is 1.44 bits per heavy atom. The molecule has 1 aromatic carbocycles. The summed E-state index contributed by atoms with van der Waals surface area (Å²) in [5.41, 5.74) is 1.03. The van der Waals surface area contributed by atoms with Crippen molar-refractivity contribution in [2.24, 2.45) is 0 Å². The second-order valence-corrected chi connectivity index (χ2v) is 5.69. The molecule has 0 bridgehead atoms. The van der Waals surface area contributed by atoms with E-state index in [1.54, 1.807) is 0 Å². The first kappa shape index (κ1) is 14.2. The van der Waals surface area contributed by atoms with Gasteiger partial charge in [-0.05, 0) is 43.9 Å². The minimum absolute atomic E-state index is 0.450. The zero-order chi connectivity index (χ0) is 12.8. The molecule has 4 heteroatoms. The zero-order valence-electron chi connectivity index (χ0n) is 10.3. The van der Waals surface area contributed by atoms with Crippen molar-refractivity contribution in [3.63, 3.8) is 0 Å². The fourth-order valence-corrected chi connectivity index (χ4v) is 2.78. The van der Waals surface area contributed by atoms with E-state index in [9.17, 15) is 0 Å². The van der Waals surface area contributed by atoms with Gasteiger partial charge < -0.3 is 9.47 Å². The average molecular weight is 334 g/mol. The van der Waals surface area contributed by atoms with Crippen molar-refractivity contribution < 1.29 is 9.47 Å². The lowest BCUT2D eigenvalue weighted by atomic mass is 10.1. The molecule has 1 atom stereocenters. The Labute approximate surface area is 122 Å². The molecule has 2 nitrogen and oxygen atoms in total. The summed E-state index contributed by atoms with van der Waals surface area (Å²) >= 11 is 9.33. The Kier molecular flexibility index (Phi) is 5.80. The molecule has 0 saturated carbocycles. The normalized spacial score (nSPS) is 19.1. The molecule has 1 aliphatic heterocycles. The fraction of sp³-hybridized carbons (Fsp3) is 0.571. The van der Waals surface area contributed by atoms with E-state index in [0.29, 0.717) is 12.0 Å². The predicted molar refractivity (Wildman–Crippen MR) is 77.4 cm³/mol. The van der Waals surface area contributed by atoms with Crippen molar-refractivity contribution in [2.45, 2.75) is 37.7 Å². The van der Waals surface area contributed by atoms with Crippen LogP contribution in [0, 0.1) is 0 Å². The number of benzene rings is 1. The maximum Gasteiger partial charge on any atom is 0.123 e. The van der Waals surface area contributed by atoms with Gasteiger partial charge >= 0.3 is 0 Å². The zero-order valence-corrected chi connectivity index (χ0v) is 12.7. The van der Waals surface area contributed by atoms with E-state index in [1.807, 2.05) is 18.2 Å². The highest BCUT2D eigenvalue weighted by Crippen LogP contribution is 2.25. The summed E-state index contributed by atoms with van der Waals surface area (Å²) in [7, 11) is 0. The van der Waals surface area contributed by atoms with Crippen LogP contribution in [0.4, 0.5) is 0 Å². The monoisotopic (exact) mass is 332 g/mol. The lowest BCUT2D eigenvalue weighted by molar-refractivity contribution is 0.0981. The van der Waals surface area contributed by atoms with Gasteiger partial charge in [-0.3, -0.25) is 0 Å². The fourth-order valence-electron chi connectivity index (χ4n) is 2.16.